The fourth-order valence-corrected chi connectivity index (χ4v) is 0. The first-order valence-corrected chi connectivity index (χ1v) is 1.71. The van der Waals surface area contributed by atoms with Gasteiger partial charge in [0.25, 0.3) is 0 Å². The van der Waals surface area contributed by atoms with Crippen LogP contribution in [0.25, 0.3) is 0 Å². The van der Waals surface area contributed by atoms with Gasteiger partial charge in [-0.3, -0.25) is 0 Å². The number of rotatable bonds is 1. The van der Waals surface area contributed by atoms with Crippen LogP contribution in [0.1, 0.15) is 19.8 Å². The van der Waals surface area contributed by atoms with Gasteiger partial charge >= 0.3 is 23.9 Å². The maximum absolute atomic E-state index is 3.60. The van der Waals surface area contributed by atoms with E-state index in [0.29, 0.717) is 0 Å². The average Bonchev–Trinajstić information content (AvgIpc) is 1.37. The minimum absolute atomic E-state index is 0. The Morgan fingerprint density at radius 1 is 1.29 bits per heavy atom. The molecule has 0 saturated heterocycles. The average molecular weight is 214 g/mol. The summed E-state index contributed by atoms with van der Waals surface area (Å²) < 4.78 is 0. The molecular formula is C4H15O2Sn. The quantitative estimate of drug-likeness (QED) is 0.505. The molecule has 0 aliphatic heterocycles. The van der Waals surface area contributed by atoms with E-state index < -0.39 is 0 Å². The van der Waals surface area contributed by atoms with Gasteiger partial charge in [-0.15, -0.1) is 0 Å². The van der Waals surface area contributed by atoms with Crippen molar-refractivity contribution in [1.82, 2.24) is 0 Å². The SMILES string of the molecule is O.O.[CH2]CCC.[SnH2]. The predicted octanol–water partition coefficient (Wildman–Crippen LogP) is -0.945. The van der Waals surface area contributed by atoms with Crippen molar-refractivity contribution in [3.8, 4) is 0 Å². The Balaban J connectivity index is -0.0000000150. The van der Waals surface area contributed by atoms with Gasteiger partial charge in [-0.2, -0.15) is 0 Å². The Morgan fingerprint density at radius 2 is 1.43 bits per heavy atom. The fraction of sp³-hybridized carbons (Fsp3) is 0.750. The summed E-state index contributed by atoms with van der Waals surface area (Å²) in [5.41, 5.74) is 0. The molecule has 0 spiro atoms. The van der Waals surface area contributed by atoms with E-state index in [9.17, 15) is 0 Å². The van der Waals surface area contributed by atoms with Crippen molar-refractivity contribution in [2.45, 2.75) is 19.8 Å². The van der Waals surface area contributed by atoms with E-state index in [4.69, 9.17) is 0 Å². The van der Waals surface area contributed by atoms with Crippen molar-refractivity contribution in [3.63, 3.8) is 0 Å². The summed E-state index contributed by atoms with van der Waals surface area (Å²) in [6, 6.07) is 0. The fourth-order valence-electron chi connectivity index (χ4n) is 0. The third kappa shape index (κ3) is 50.6. The minimum atomic E-state index is 0. The molecule has 4 N–H and O–H groups in total. The van der Waals surface area contributed by atoms with E-state index in [1.54, 1.807) is 0 Å². The first-order valence-electron chi connectivity index (χ1n) is 1.71. The molecule has 0 unspecified atom stereocenters. The summed E-state index contributed by atoms with van der Waals surface area (Å²) in [4.78, 5) is 0. The Bertz CT molecular complexity index is 11.7. The van der Waals surface area contributed by atoms with Crippen LogP contribution < -0.4 is 0 Å². The van der Waals surface area contributed by atoms with Gasteiger partial charge in [0.15, 0.2) is 0 Å². The Kier molecular flexibility index (Phi) is 107. The number of hydrogen-bond acceptors (Lipinski definition) is 0. The molecule has 47 valence electrons. The molecular weight excluding hydrogens is 199 g/mol. The van der Waals surface area contributed by atoms with E-state index in [1.165, 1.54) is 6.42 Å². The van der Waals surface area contributed by atoms with Crippen LogP contribution >= 0.6 is 0 Å². The van der Waals surface area contributed by atoms with Gasteiger partial charge in [-0.05, 0) is 0 Å². The molecule has 0 aromatic heterocycles. The molecule has 0 amide bonds. The van der Waals surface area contributed by atoms with Gasteiger partial charge in [-0.25, -0.2) is 0 Å². The molecule has 0 aliphatic carbocycles. The molecule has 0 heterocycles. The van der Waals surface area contributed by atoms with Crippen LogP contribution in [0.3, 0.4) is 0 Å². The van der Waals surface area contributed by atoms with E-state index in [0.717, 1.165) is 6.42 Å². The first-order chi connectivity index (χ1) is 1.91. The van der Waals surface area contributed by atoms with E-state index in [2.05, 4.69) is 13.8 Å². The predicted molar refractivity (Wildman–Crippen MR) is 36.0 cm³/mol. The Labute approximate surface area is 61.9 Å². The van der Waals surface area contributed by atoms with Gasteiger partial charge in [0.2, 0.25) is 0 Å². The topological polar surface area (TPSA) is 63.0 Å². The van der Waals surface area contributed by atoms with Gasteiger partial charge < -0.3 is 11.0 Å². The zero-order chi connectivity index (χ0) is 3.41. The standard InChI is InChI=1S/C4H9.2H2O.Sn.2H/c1-3-4-2;;;;;/h1,3-4H2,2H3;2*1H2;;;. The number of unbranched alkanes of at least 4 members (excludes halogenated alkanes) is 1. The van der Waals surface area contributed by atoms with Crippen LogP contribution in [0.5, 0.6) is 0 Å². The molecule has 7 heavy (non-hydrogen) atoms. The van der Waals surface area contributed by atoms with Crippen LogP contribution in [0.4, 0.5) is 0 Å². The maximum atomic E-state index is 3.60. The summed E-state index contributed by atoms with van der Waals surface area (Å²) in [6.07, 6.45) is 2.28. The van der Waals surface area contributed by atoms with Crippen LogP contribution in [-0.4, -0.2) is 34.9 Å². The molecule has 0 aliphatic rings. The first kappa shape index (κ1) is 25.2. The second-order valence-corrected chi connectivity index (χ2v) is 0.854. The molecule has 3 heteroatoms. The Morgan fingerprint density at radius 3 is 1.43 bits per heavy atom. The van der Waals surface area contributed by atoms with Gasteiger partial charge in [0, 0.05) is 0 Å². The third-order valence-corrected chi connectivity index (χ3v) is 0.354. The van der Waals surface area contributed by atoms with E-state index >= 15 is 0 Å². The van der Waals surface area contributed by atoms with Crippen molar-refractivity contribution in [3.05, 3.63) is 6.92 Å². The molecule has 3 radical (unpaired) electrons. The van der Waals surface area contributed by atoms with Crippen molar-refractivity contribution in [1.29, 1.82) is 0 Å². The summed E-state index contributed by atoms with van der Waals surface area (Å²) in [6.45, 7) is 5.72. The molecule has 0 rings (SSSR count). The zero-order valence-electron chi connectivity index (χ0n) is 4.83. The van der Waals surface area contributed by atoms with E-state index in [1.807, 2.05) is 0 Å². The van der Waals surface area contributed by atoms with Crippen molar-refractivity contribution in [2.75, 3.05) is 0 Å². The number of hydrogen-bond donors (Lipinski definition) is 0. The van der Waals surface area contributed by atoms with Crippen molar-refractivity contribution >= 4 is 23.9 Å². The van der Waals surface area contributed by atoms with Crippen LogP contribution in [0, 0.1) is 6.92 Å². The van der Waals surface area contributed by atoms with Gasteiger partial charge in [-0.1, -0.05) is 26.7 Å². The third-order valence-electron chi connectivity index (χ3n) is 0.354. The van der Waals surface area contributed by atoms with Gasteiger partial charge in [0.05, 0.1) is 0 Å². The van der Waals surface area contributed by atoms with E-state index in [-0.39, 0.29) is 34.9 Å². The summed E-state index contributed by atoms with van der Waals surface area (Å²) in [5.74, 6) is 0. The van der Waals surface area contributed by atoms with Crippen LogP contribution in [0.15, 0.2) is 0 Å². The summed E-state index contributed by atoms with van der Waals surface area (Å²) >= 11 is 0. The molecule has 0 aromatic carbocycles. The normalized spacial score (nSPS) is 4.29. The molecule has 0 atom stereocenters. The second kappa shape index (κ2) is 29.7. The van der Waals surface area contributed by atoms with Gasteiger partial charge in [0.1, 0.15) is 0 Å². The molecule has 0 saturated carbocycles. The monoisotopic (exact) mass is 215 g/mol. The van der Waals surface area contributed by atoms with Crippen molar-refractivity contribution in [2.24, 2.45) is 0 Å². The molecule has 0 fully saturated rings. The van der Waals surface area contributed by atoms with Crippen LogP contribution in [0.2, 0.25) is 0 Å². The summed E-state index contributed by atoms with van der Waals surface area (Å²) in [7, 11) is 0. The molecule has 2 nitrogen and oxygen atoms in total. The molecule has 0 bridgehead atoms. The molecule has 0 aromatic rings. The second-order valence-electron chi connectivity index (χ2n) is 0.854. The van der Waals surface area contributed by atoms with Crippen molar-refractivity contribution < 1.29 is 11.0 Å². The summed E-state index contributed by atoms with van der Waals surface area (Å²) in [5, 5.41) is 0. The van der Waals surface area contributed by atoms with Crippen LogP contribution in [-0.2, 0) is 0 Å². The Hall–Kier alpha value is 0.719. The zero-order valence-corrected chi connectivity index (χ0v) is 8.86.